The summed E-state index contributed by atoms with van der Waals surface area (Å²) in [4.78, 5) is 63.3. The highest BCUT2D eigenvalue weighted by Gasteiger charge is 2.54. The molecular weight excluding hydrogens is 741 g/mol. The number of likely N-dealkylation sites (tertiary alicyclic amines) is 1. The van der Waals surface area contributed by atoms with Crippen molar-refractivity contribution in [3.8, 4) is 22.4 Å². The number of H-pyrrole nitrogens is 1. The van der Waals surface area contributed by atoms with E-state index >= 15 is 0 Å². The number of hydrogen-bond acceptors (Lipinski definition) is 9. The molecule has 3 heterocycles. The van der Waals surface area contributed by atoms with Crippen LogP contribution in [0, 0.1) is 11.3 Å². The molecule has 13 heteroatoms. The SMILES string of the molecule is COC(=O)N[C@@H](C(C)C)C(C)N1CC2(CC2)C[C@H]1c1ncc(-c2ccc3cc(-c4ccc(C(=O)CNC(=O)[C@@H]5SCCN5C(=O)OC(C)(C)C)cc4)ccc3c2)[nH]1. The molecule has 1 spiro atoms. The van der Waals surface area contributed by atoms with Gasteiger partial charge in [0, 0.05) is 42.1 Å². The molecule has 0 radical (unpaired) electrons. The predicted octanol–water partition coefficient (Wildman–Crippen LogP) is 7.80. The van der Waals surface area contributed by atoms with Gasteiger partial charge in [-0.3, -0.25) is 19.4 Å². The molecule has 2 aliphatic heterocycles. The van der Waals surface area contributed by atoms with Gasteiger partial charge < -0.3 is 25.1 Å². The number of carbonyl (C=O) groups is 4. The maximum absolute atomic E-state index is 13.0. The van der Waals surface area contributed by atoms with E-state index in [0.717, 1.165) is 51.9 Å². The number of benzene rings is 3. The van der Waals surface area contributed by atoms with E-state index in [0.29, 0.717) is 23.3 Å². The first-order valence-corrected chi connectivity index (χ1v) is 20.9. The molecule has 3 N–H and O–H groups in total. The van der Waals surface area contributed by atoms with Gasteiger partial charge in [0.2, 0.25) is 0 Å². The molecule has 302 valence electrons. The third-order valence-corrected chi connectivity index (χ3v) is 12.7. The number of Topliss-reactive ketones (excluding diaryl/α,β-unsaturated/α-hetero) is 1. The van der Waals surface area contributed by atoms with Crippen LogP contribution in [0.3, 0.4) is 0 Å². The van der Waals surface area contributed by atoms with Gasteiger partial charge in [0.15, 0.2) is 11.2 Å². The van der Waals surface area contributed by atoms with Gasteiger partial charge in [-0.1, -0.05) is 62.4 Å². The summed E-state index contributed by atoms with van der Waals surface area (Å²) in [7, 11) is 1.41. The predicted molar refractivity (Wildman–Crippen MR) is 223 cm³/mol. The van der Waals surface area contributed by atoms with Crippen molar-refractivity contribution in [3.05, 3.63) is 78.2 Å². The van der Waals surface area contributed by atoms with Crippen molar-refractivity contribution < 1.29 is 28.7 Å². The number of ether oxygens (including phenoxy) is 2. The third kappa shape index (κ3) is 8.99. The highest BCUT2D eigenvalue weighted by molar-refractivity contribution is 8.00. The van der Waals surface area contributed by atoms with Crippen molar-refractivity contribution in [3.63, 3.8) is 0 Å². The Labute approximate surface area is 338 Å². The monoisotopic (exact) mass is 794 g/mol. The van der Waals surface area contributed by atoms with E-state index < -0.39 is 23.2 Å². The van der Waals surface area contributed by atoms with Crippen molar-refractivity contribution in [1.82, 2.24) is 30.4 Å². The number of alkyl carbamates (subject to hydrolysis) is 1. The maximum Gasteiger partial charge on any atom is 0.411 e. The van der Waals surface area contributed by atoms with Crippen LogP contribution in [-0.2, 0) is 14.3 Å². The fraction of sp³-hybridized carbons (Fsp3) is 0.477. The quantitative estimate of drug-likeness (QED) is 0.130. The zero-order valence-corrected chi connectivity index (χ0v) is 34.7. The van der Waals surface area contributed by atoms with Crippen molar-refractivity contribution in [2.24, 2.45) is 11.3 Å². The molecule has 1 aromatic heterocycles. The van der Waals surface area contributed by atoms with E-state index in [1.807, 2.05) is 18.3 Å². The van der Waals surface area contributed by atoms with E-state index in [-0.39, 0.29) is 42.3 Å². The second kappa shape index (κ2) is 16.2. The minimum absolute atomic E-state index is 0.0596. The summed E-state index contributed by atoms with van der Waals surface area (Å²) in [5.74, 6) is 1.21. The second-order valence-corrected chi connectivity index (χ2v) is 18.3. The average Bonchev–Trinajstić information content (AvgIpc) is 3.54. The Morgan fingerprint density at radius 1 is 0.965 bits per heavy atom. The van der Waals surface area contributed by atoms with E-state index in [1.54, 1.807) is 32.9 Å². The molecule has 4 aromatic rings. The number of ketones is 1. The van der Waals surface area contributed by atoms with E-state index in [2.05, 4.69) is 77.7 Å². The van der Waals surface area contributed by atoms with Crippen LogP contribution in [0.4, 0.5) is 9.59 Å². The molecule has 7 rings (SSSR count). The summed E-state index contributed by atoms with van der Waals surface area (Å²) in [6, 6.07) is 20.3. The van der Waals surface area contributed by atoms with Crippen LogP contribution in [0.5, 0.6) is 0 Å². The Bertz CT molecular complexity index is 2140. The molecule has 2 saturated heterocycles. The fourth-order valence-electron chi connectivity index (χ4n) is 8.20. The lowest BCUT2D eigenvalue weighted by molar-refractivity contribution is -0.123. The summed E-state index contributed by atoms with van der Waals surface area (Å²) in [6.07, 6.45) is 4.50. The Morgan fingerprint density at radius 2 is 1.63 bits per heavy atom. The minimum atomic E-state index is -0.732. The summed E-state index contributed by atoms with van der Waals surface area (Å²) < 4.78 is 10.4. The summed E-state index contributed by atoms with van der Waals surface area (Å²) >= 11 is 1.35. The molecule has 12 nitrogen and oxygen atoms in total. The minimum Gasteiger partial charge on any atom is -0.453 e. The number of imidazole rings is 1. The van der Waals surface area contributed by atoms with Crippen LogP contribution in [0.15, 0.2) is 66.9 Å². The highest BCUT2D eigenvalue weighted by atomic mass is 32.2. The smallest absolute Gasteiger partial charge is 0.411 e. The lowest BCUT2D eigenvalue weighted by Gasteiger charge is -2.37. The number of aromatic amines is 1. The largest absolute Gasteiger partial charge is 0.453 e. The zero-order valence-electron chi connectivity index (χ0n) is 33.9. The Morgan fingerprint density at radius 3 is 2.28 bits per heavy atom. The number of aromatic nitrogens is 2. The van der Waals surface area contributed by atoms with Gasteiger partial charge in [-0.2, -0.15) is 0 Å². The summed E-state index contributed by atoms with van der Waals surface area (Å²) in [5.41, 5.74) is 4.17. The number of methoxy groups -OCH3 is 1. The van der Waals surface area contributed by atoms with Crippen LogP contribution < -0.4 is 10.6 Å². The van der Waals surface area contributed by atoms with Gasteiger partial charge >= 0.3 is 12.2 Å². The van der Waals surface area contributed by atoms with Crippen LogP contribution in [-0.4, -0.2) is 99.2 Å². The first-order valence-electron chi connectivity index (χ1n) is 19.9. The van der Waals surface area contributed by atoms with Crippen LogP contribution >= 0.6 is 11.8 Å². The molecule has 0 bridgehead atoms. The number of fused-ring (bicyclic) bond motifs is 1. The molecule has 3 amide bonds. The van der Waals surface area contributed by atoms with Gasteiger partial charge in [0.1, 0.15) is 11.4 Å². The van der Waals surface area contributed by atoms with Gasteiger partial charge in [-0.25, -0.2) is 14.6 Å². The first-order chi connectivity index (χ1) is 27.1. The number of carbonyl (C=O) groups excluding carboxylic acids is 4. The first kappa shape index (κ1) is 40.3. The molecule has 1 unspecified atom stereocenters. The summed E-state index contributed by atoms with van der Waals surface area (Å²) in [6.45, 7) is 13.1. The van der Waals surface area contributed by atoms with Gasteiger partial charge in [-0.15, -0.1) is 11.8 Å². The van der Waals surface area contributed by atoms with E-state index in [1.165, 1.54) is 36.6 Å². The lowest BCUT2D eigenvalue weighted by atomic mass is 9.96. The van der Waals surface area contributed by atoms with E-state index in [9.17, 15) is 19.2 Å². The Hall–Kier alpha value is -4.88. The Balaban J connectivity index is 0.992. The van der Waals surface area contributed by atoms with Crippen molar-refractivity contribution in [2.45, 2.75) is 89.9 Å². The normalized spacial score (nSPS) is 20.1. The summed E-state index contributed by atoms with van der Waals surface area (Å²) in [5, 5.41) is 7.25. The molecule has 57 heavy (non-hydrogen) atoms. The molecule has 3 aromatic carbocycles. The van der Waals surface area contributed by atoms with Crippen LogP contribution in [0.1, 0.15) is 83.0 Å². The lowest BCUT2D eigenvalue weighted by Crippen LogP contribution is -2.53. The third-order valence-electron chi connectivity index (χ3n) is 11.5. The van der Waals surface area contributed by atoms with Crippen molar-refractivity contribution >= 4 is 46.4 Å². The molecular formula is C44H54N6O6S. The molecule has 3 aliphatic rings. The maximum atomic E-state index is 13.0. The molecule has 1 aliphatic carbocycles. The molecule has 3 fully saturated rings. The topological polar surface area (TPSA) is 146 Å². The van der Waals surface area contributed by atoms with Gasteiger partial charge in [0.05, 0.1) is 31.6 Å². The number of hydrogen-bond donors (Lipinski definition) is 3. The number of nitrogens with zero attached hydrogens (tertiary/aromatic N) is 3. The van der Waals surface area contributed by atoms with Crippen molar-refractivity contribution in [1.29, 1.82) is 0 Å². The highest BCUT2D eigenvalue weighted by Crippen LogP contribution is 2.59. The van der Waals surface area contributed by atoms with Gasteiger partial charge in [0.25, 0.3) is 5.91 Å². The molecule has 4 atom stereocenters. The van der Waals surface area contributed by atoms with Gasteiger partial charge in [-0.05, 0) is 92.3 Å². The number of amides is 3. The van der Waals surface area contributed by atoms with Crippen molar-refractivity contribution in [2.75, 3.05) is 32.5 Å². The number of nitrogens with one attached hydrogen (secondary N) is 3. The molecule has 1 saturated carbocycles. The van der Waals surface area contributed by atoms with E-state index in [4.69, 9.17) is 14.5 Å². The average molecular weight is 795 g/mol. The van der Waals surface area contributed by atoms with Crippen LogP contribution in [0.25, 0.3) is 33.2 Å². The second-order valence-electron chi connectivity index (χ2n) is 17.1. The zero-order chi connectivity index (χ0) is 40.6. The number of rotatable bonds is 11. The fourth-order valence-corrected chi connectivity index (χ4v) is 9.33. The Kier molecular flexibility index (Phi) is 11.4. The van der Waals surface area contributed by atoms with Crippen LogP contribution in [0.2, 0.25) is 0 Å². The standard InChI is InChI=1S/C44H54N6O6S/c1-26(2)37(48-41(53)55-7)27(3)50-25-44(16-17-44)22-35(50)38-45-23-34(47-38)33-15-14-31-20-30(12-13-32(31)21-33)28-8-10-29(11-9-28)36(51)24-46-39(52)40-49(18-19-57-40)42(54)56-43(4,5)6/h8-15,20-21,23,26-27,35,37,40H,16-19,22,24-25H2,1-7H3,(H,45,47)(H,46,52)(H,48,53)/t27?,35-,37-,40-/m0/s1. The number of thioether (sulfide) groups is 1.